The first-order chi connectivity index (χ1) is 9.15. The lowest BCUT2D eigenvalue weighted by atomic mass is 10.0. The van der Waals surface area contributed by atoms with Crippen molar-refractivity contribution in [3.8, 4) is 0 Å². The lowest BCUT2D eigenvalue weighted by Gasteiger charge is -2.30. The van der Waals surface area contributed by atoms with Gasteiger partial charge in [-0.05, 0) is 46.4 Å². The molecule has 1 atom stereocenters. The zero-order valence-electron chi connectivity index (χ0n) is 12.7. The third-order valence-electron chi connectivity index (χ3n) is 3.52. The van der Waals surface area contributed by atoms with Crippen LogP contribution in [0.25, 0.3) is 0 Å². The number of carbonyl (C=O) groups is 1. The van der Waals surface area contributed by atoms with E-state index in [0.717, 1.165) is 38.9 Å². The molecular weight excluding hydrogens is 242 g/mol. The highest BCUT2D eigenvalue weighted by molar-refractivity contribution is 5.82. The highest BCUT2D eigenvalue weighted by Gasteiger charge is 2.25. The van der Waals surface area contributed by atoms with Crippen LogP contribution in [-0.4, -0.2) is 75.7 Å². The van der Waals surface area contributed by atoms with E-state index >= 15 is 0 Å². The number of carbonyl (C=O) groups excluding carboxylic acids is 1. The van der Waals surface area contributed by atoms with E-state index in [1.54, 1.807) is 7.11 Å². The molecule has 0 aromatic carbocycles. The molecule has 0 saturated carbocycles. The number of nitrogens with one attached hydrogen (secondary N) is 1. The molecule has 1 aliphatic heterocycles. The number of amides is 1. The molecule has 5 nitrogen and oxygen atoms in total. The number of hydrogen-bond acceptors (Lipinski definition) is 4. The Balaban J connectivity index is 2.43. The molecule has 0 bridgehead atoms. The van der Waals surface area contributed by atoms with Crippen molar-refractivity contribution < 1.29 is 9.53 Å². The van der Waals surface area contributed by atoms with E-state index in [9.17, 15) is 4.79 Å². The van der Waals surface area contributed by atoms with Crippen LogP contribution in [0.5, 0.6) is 0 Å². The molecule has 1 aliphatic rings. The first-order valence-electron chi connectivity index (χ1n) is 7.31. The Morgan fingerprint density at radius 3 is 2.63 bits per heavy atom. The van der Waals surface area contributed by atoms with Crippen LogP contribution in [0.2, 0.25) is 0 Å². The summed E-state index contributed by atoms with van der Waals surface area (Å²) in [6, 6.07) is 0.0185. The molecule has 1 fully saturated rings. The van der Waals surface area contributed by atoms with Gasteiger partial charge in [-0.3, -0.25) is 4.79 Å². The fraction of sp³-hybridized carbons (Fsp3) is 0.929. The van der Waals surface area contributed by atoms with E-state index < -0.39 is 0 Å². The van der Waals surface area contributed by atoms with Crippen LogP contribution in [0.15, 0.2) is 0 Å². The van der Waals surface area contributed by atoms with Gasteiger partial charge in [0, 0.05) is 20.2 Å². The SMILES string of the molecule is COCCN(CCCN(C)C)C(=O)[C@H]1CCCCN1. The minimum absolute atomic E-state index is 0.0185. The van der Waals surface area contributed by atoms with Gasteiger partial charge in [-0.2, -0.15) is 0 Å². The number of hydrogen-bond donors (Lipinski definition) is 1. The molecule has 1 saturated heterocycles. The Bertz CT molecular complexity index is 253. The van der Waals surface area contributed by atoms with E-state index in [0.29, 0.717) is 13.2 Å². The van der Waals surface area contributed by atoms with Gasteiger partial charge >= 0.3 is 0 Å². The number of nitrogens with zero attached hydrogens (tertiary/aromatic N) is 2. The van der Waals surface area contributed by atoms with Gasteiger partial charge in [0.25, 0.3) is 0 Å². The summed E-state index contributed by atoms with van der Waals surface area (Å²) in [5.41, 5.74) is 0. The van der Waals surface area contributed by atoms with Gasteiger partial charge in [0.2, 0.25) is 5.91 Å². The van der Waals surface area contributed by atoms with E-state index in [4.69, 9.17) is 4.74 Å². The predicted molar refractivity (Wildman–Crippen MR) is 77.3 cm³/mol. The standard InChI is InChI=1S/C14H29N3O2/c1-16(2)9-6-10-17(11-12-19-3)14(18)13-7-4-5-8-15-13/h13,15H,4-12H2,1-3H3/t13-/m1/s1. The Labute approximate surface area is 117 Å². The zero-order chi connectivity index (χ0) is 14.1. The van der Waals surface area contributed by atoms with Gasteiger partial charge in [-0.25, -0.2) is 0 Å². The van der Waals surface area contributed by atoms with Gasteiger partial charge in [0.15, 0.2) is 0 Å². The quantitative estimate of drug-likeness (QED) is 0.700. The summed E-state index contributed by atoms with van der Waals surface area (Å²) in [5, 5.41) is 3.33. The topological polar surface area (TPSA) is 44.8 Å². The molecule has 1 heterocycles. The molecule has 0 radical (unpaired) electrons. The molecule has 0 spiro atoms. The Hall–Kier alpha value is -0.650. The monoisotopic (exact) mass is 271 g/mol. The Morgan fingerprint density at radius 1 is 1.26 bits per heavy atom. The smallest absolute Gasteiger partial charge is 0.239 e. The molecule has 1 N–H and O–H groups in total. The van der Waals surface area contributed by atoms with Crippen molar-refractivity contribution in [1.29, 1.82) is 0 Å². The normalized spacial score (nSPS) is 19.7. The Kier molecular flexibility index (Phi) is 8.02. The lowest BCUT2D eigenvalue weighted by Crippen LogP contribution is -2.49. The van der Waals surface area contributed by atoms with E-state index in [2.05, 4.69) is 24.3 Å². The van der Waals surface area contributed by atoms with Crippen LogP contribution < -0.4 is 5.32 Å². The molecule has 0 unspecified atom stereocenters. The molecule has 0 aromatic heterocycles. The van der Waals surface area contributed by atoms with Crippen molar-refractivity contribution in [3.05, 3.63) is 0 Å². The Morgan fingerprint density at radius 2 is 2.05 bits per heavy atom. The van der Waals surface area contributed by atoms with Crippen molar-refractivity contribution >= 4 is 5.91 Å². The molecule has 5 heteroatoms. The number of piperidine rings is 1. The zero-order valence-corrected chi connectivity index (χ0v) is 12.7. The van der Waals surface area contributed by atoms with Crippen LogP contribution in [0.4, 0.5) is 0 Å². The van der Waals surface area contributed by atoms with E-state index in [-0.39, 0.29) is 11.9 Å². The second kappa shape index (κ2) is 9.28. The number of methoxy groups -OCH3 is 1. The van der Waals surface area contributed by atoms with Gasteiger partial charge in [0.05, 0.1) is 12.6 Å². The highest BCUT2D eigenvalue weighted by atomic mass is 16.5. The molecule has 0 aliphatic carbocycles. The molecule has 112 valence electrons. The maximum absolute atomic E-state index is 12.5. The van der Waals surface area contributed by atoms with Crippen LogP contribution in [-0.2, 0) is 9.53 Å². The third kappa shape index (κ3) is 6.36. The molecule has 1 amide bonds. The van der Waals surface area contributed by atoms with Crippen molar-refractivity contribution in [2.45, 2.75) is 31.7 Å². The molecule has 0 aromatic rings. The summed E-state index contributed by atoms with van der Waals surface area (Å²) in [6.45, 7) is 4.10. The average molecular weight is 271 g/mol. The van der Waals surface area contributed by atoms with Crippen molar-refractivity contribution in [2.24, 2.45) is 0 Å². The van der Waals surface area contributed by atoms with Gasteiger partial charge < -0.3 is 19.9 Å². The van der Waals surface area contributed by atoms with Crippen molar-refractivity contribution in [2.75, 3.05) is 54.0 Å². The van der Waals surface area contributed by atoms with Crippen LogP contribution in [0.3, 0.4) is 0 Å². The number of ether oxygens (including phenoxy) is 1. The molecule has 1 rings (SSSR count). The van der Waals surface area contributed by atoms with Gasteiger partial charge in [0.1, 0.15) is 0 Å². The van der Waals surface area contributed by atoms with Crippen molar-refractivity contribution in [3.63, 3.8) is 0 Å². The predicted octanol–water partition coefficient (Wildman–Crippen LogP) is 0.555. The van der Waals surface area contributed by atoms with Gasteiger partial charge in [-0.1, -0.05) is 6.42 Å². The summed E-state index contributed by atoms with van der Waals surface area (Å²) in [4.78, 5) is 16.6. The number of rotatable bonds is 8. The van der Waals surface area contributed by atoms with Crippen LogP contribution in [0.1, 0.15) is 25.7 Å². The van der Waals surface area contributed by atoms with E-state index in [1.807, 2.05) is 4.90 Å². The highest BCUT2D eigenvalue weighted by Crippen LogP contribution is 2.10. The summed E-state index contributed by atoms with van der Waals surface area (Å²) in [5.74, 6) is 0.246. The largest absolute Gasteiger partial charge is 0.383 e. The van der Waals surface area contributed by atoms with Gasteiger partial charge in [-0.15, -0.1) is 0 Å². The molecular formula is C14H29N3O2. The van der Waals surface area contributed by atoms with Crippen molar-refractivity contribution in [1.82, 2.24) is 15.1 Å². The summed E-state index contributed by atoms with van der Waals surface area (Å²) in [6.07, 6.45) is 4.31. The minimum Gasteiger partial charge on any atom is -0.383 e. The second-order valence-electron chi connectivity index (χ2n) is 5.48. The maximum Gasteiger partial charge on any atom is 0.239 e. The fourth-order valence-electron chi connectivity index (χ4n) is 2.39. The maximum atomic E-state index is 12.5. The van der Waals surface area contributed by atoms with Crippen LogP contribution in [0, 0.1) is 0 Å². The molecule has 19 heavy (non-hydrogen) atoms. The third-order valence-corrected chi connectivity index (χ3v) is 3.52. The second-order valence-corrected chi connectivity index (χ2v) is 5.48. The summed E-state index contributed by atoms with van der Waals surface area (Å²) in [7, 11) is 5.80. The fourth-order valence-corrected chi connectivity index (χ4v) is 2.39. The summed E-state index contributed by atoms with van der Waals surface area (Å²) >= 11 is 0. The minimum atomic E-state index is 0.0185. The summed E-state index contributed by atoms with van der Waals surface area (Å²) < 4.78 is 5.11. The first kappa shape index (κ1) is 16.4. The average Bonchev–Trinajstić information content (AvgIpc) is 2.42. The van der Waals surface area contributed by atoms with Crippen LogP contribution >= 0.6 is 0 Å². The van der Waals surface area contributed by atoms with E-state index in [1.165, 1.54) is 6.42 Å². The lowest BCUT2D eigenvalue weighted by molar-refractivity contribution is -0.134. The first-order valence-corrected chi connectivity index (χ1v) is 7.31.